The molecule has 0 saturated carbocycles. The summed E-state index contributed by atoms with van der Waals surface area (Å²) in [5.74, 6) is 0.847. The monoisotopic (exact) mass is 242 g/mol. The highest BCUT2D eigenvalue weighted by molar-refractivity contribution is 4.78. The Balaban J connectivity index is 2.15. The highest BCUT2D eigenvalue weighted by Gasteiger charge is 2.22. The van der Waals surface area contributed by atoms with E-state index in [1.165, 1.54) is 25.9 Å². The molecule has 1 heterocycles. The van der Waals surface area contributed by atoms with Gasteiger partial charge < -0.3 is 15.0 Å². The molecule has 0 bridgehead atoms. The van der Waals surface area contributed by atoms with E-state index in [2.05, 4.69) is 45.0 Å². The number of nitrogens with zero attached hydrogens (tertiary/aromatic N) is 1. The fraction of sp³-hybridized carbons (Fsp3) is 1.00. The molecule has 0 aromatic heterocycles. The van der Waals surface area contributed by atoms with Crippen molar-refractivity contribution in [2.45, 2.75) is 52.2 Å². The van der Waals surface area contributed by atoms with E-state index in [1.807, 2.05) is 0 Å². The summed E-state index contributed by atoms with van der Waals surface area (Å²) in [5, 5.41) is 3.37. The molecule has 3 nitrogen and oxygen atoms in total. The van der Waals surface area contributed by atoms with E-state index in [9.17, 15) is 0 Å². The summed E-state index contributed by atoms with van der Waals surface area (Å²) >= 11 is 0. The van der Waals surface area contributed by atoms with Gasteiger partial charge in [0.15, 0.2) is 0 Å². The molecule has 1 atom stereocenters. The standard InChI is InChI=1S/C14H30N2O/c1-12(15-5)13-6-8-16(9-7-13)10-11-17-14(2,3)4/h12-13,15H,6-11H2,1-5H3. The van der Waals surface area contributed by atoms with E-state index in [-0.39, 0.29) is 5.60 Å². The zero-order chi connectivity index (χ0) is 12.9. The minimum absolute atomic E-state index is 0.00102. The summed E-state index contributed by atoms with van der Waals surface area (Å²) in [6.07, 6.45) is 2.63. The van der Waals surface area contributed by atoms with E-state index in [0.29, 0.717) is 6.04 Å². The molecule has 1 fully saturated rings. The topological polar surface area (TPSA) is 24.5 Å². The van der Waals surface area contributed by atoms with E-state index in [4.69, 9.17) is 4.74 Å². The molecule has 1 N–H and O–H groups in total. The van der Waals surface area contributed by atoms with E-state index >= 15 is 0 Å². The molecule has 1 rings (SSSR count). The van der Waals surface area contributed by atoms with Crippen molar-refractivity contribution in [2.75, 3.05) is 33.3 Å². The van der Waals surface area contributed by atoms with Crippen molar-refractivity contribution in [3.8, 4) is 0 Å². The Kier molecular flexibility index (Phi) is 5.90. The Morgan fingerprint density at radius 3 is 2.35 bits per heavy atom. The van der Waals surface area contributed by atoms with Crippen molar-refractivity contribution in [1.82, 2.24) is 10.2 Å². The lowest BCUT2D eigenvalue weighted by molar-refractivity contribution is -0.0166. The van der Waals surface area contributed by atoms with Gasteiger partial charge in [-0.05, 0) is 66.6 Å². The fourth-order valence-electron chi connectivity index (χ4n) is 2.39. The third-order valence-electron chi connectivity index (χ3n) is 3.74. The zero-order valence-electron chi connectivity index (χ0n) is 12.3. The molecule has 0 aromatic carbocycles. The van der Waals surface area contributed by atoms with Gasteiger partial charge in [0.25, 0.3) is 0 Å². The van der Waals surface area contributed by atoms with Crippen LogP contribution in [0.5, 0.6) is 0 Å². The summed E-state index contributed by atoms with van der Waals surface area (Å²) in [4.78, 5) is 2.53. The molecular weight excluding hydrogens is 212 g/mol. The van der Waals surface area contributed by atoms with Crippen LogP contribution in [0, 0.1) is 5.92 Å². The van der Waals surface area contributed by atoms with Gasteiger partial charge in [0.1, 0.15) is 0 Å². The van der Waals surface area contributed by atoms with Gasteiger partial charge in [-0.2, -0.15) is 0 Å². The highest BCUT2D eigenvalue weighted by atomic mass is 16.5. The van der Waals surface area contributed by atoms with Gasteiger partial charge in [0, 0.05) is 12.6 Å². The average molecular weight is 242 g/mol. The second kappa shape index (κ2) is 6.72. The summed E-state index contributed by atoms with van der Waals surface area (Å²) in [6, 6.07) is 0.656. The lowest BCUT2D eigenvalue weighted by Gasteiger charge is -2.35. The first-order chi connectivity index (χ1) is 7.92. The summed E-state index contributed by atoms with van der Waals surface area (Å²) in [6.45, 7) is 13.0. The second-order valence-electron chi connectivity index (χ2n) is 6.22. The Hall–Kier alpha value is -0.120. The number of likely N-dealkylation sites (tertiary alicyclic amines) is 1. The number of ether oxygens (including phenoxy) is 1. The van der Waals surface area contributed by atoms with Gasteiger partial charge in [-0.15, -0.1) is 0 Å². The van der Waals surface area contributed by atoms with Crippen LogP contribution < -0.4 is 5.32 Å². The lowest BCUT2D eigenvalue weighted by Crippen LogP contribution is -2.42. The van der Waals surface area contributed by atoms with E-state index in [1.54, 1.807) is 0 Å². The molecule has 3 heteroatoms. The van der Waals surface area contributed by atoms with Crippen LogP contribution in [0.3, 0.4) is 0 Å². The van der Waals surface area contributed by atoms with Gasteiger partial charge in [-0.1, -0.05) is 0 Å². The maximum atomic E-state index is 5.77. The summed E-state index contributed by atoms with van der Waals surface area (Å²) in [5.41, 5.74) is -0.00102. The van der Waals surface area contributed by atoms with Crippen molar-refractivity contribution in [1.29, 1.82) is 0 Å². The van der Waals surface area contributed by atoms with E-state index < -0.39 is 0 Å². The molecule has 1 aliphatic rings. The molecule has 0 spiro atoms. The quantitative estimate of drug-likeness (QED) is 0.799. The van der Waals surface area contributed by atoms with Gasteiger partial charge in [-0.25, -0.2) is 0 Å². The first-order valence-electron chi connectivity index (χ1n) is 6.96. The summed E-state index contributed by atoms with van der Waals surface area (Å²) in [7, 11) is 2.06. The minimum atomic E-state index is -0.00102. The molecule has 0 amide bonds. The maximum Gasteiger partial charge on any atom is 0.0600 e. The lowest BCUT2D eigenvalue weighted by atomic mass is 9.90. The van der Waals surface area contributed by atoms with Gasteiger partial charge in [-0.3, -0.25) is 0 Å². The number of hydrogen-bond acceptors (Lipinski definition) is 3. The molecule has 1 aliphatic heterocycles. The largest absolute Gasteiger partial charge is 0.375 e. The normalized spacial score (nSPS) is 21.7. The zero-order valence-corrected chi connectivity index (χ0v) is 12.3. The molecule has 1 unspecified atom stereocenters. The Morgan fingerprint density at radius 2 is 1.88 bits per heavy atom. The van der Waals surface area contributed by atoms with Crippen molar-refractivity contribution >= 4 is 0 Å². The number of nitrogens with one attached hydrogen (secondary N) is 1. The van der Waals surface area contributed by atoms with Crippen molar-refractivity contribution in [3.63, 3.8) is 0 Å². The molecular formula is C14H30N2O. The van der Waals surface area contributed by atoms with Gasteiger partial charge >= 0.3 is 0 Å². The highest BCUT2D eigenvalue weighted by Crippen LogP contribution is 2.20. The third kappa shape index (κ3) is 5.84. The molecule has 102 valence electrons. The van der Waals surface area contributed by atoms with Crippen LogP contribution >= 0.6 is 0 Å². The van der Waals surface area contributed by atoms with Crippen LogP contribution in [0.1, 0.15) is 40.5 Å². The minimum Gasteiger partial charge on any atom is -0.375 e. The third-order valence-corrected chi connectivity index (χ3v) is 3.74. The first kappa shape index (κ1) is 14.9. The number of piperidine rings is 1. The van der Waals surface area contributed by atoms with Crippen LogP contribution in [0.25, 0.3) is 0 Å². The predicted octanol–water partition coefficient (Wildman–Crippen LogP) is 2.12. The Labute approximate surface area is 107 Å². The smallest absolute Gasteiger partial charge is 0.0600 e. The first-order valence-corrected chi connectivity index (χ1v) is 6.96. The fourth-order valence-corrected chi connectivity index (χ4v) is 2.39. The SMILES string of the molecule is CNC(C)C1CCN(CCOC(C)(C)C)CC1. The average Bonchev–Trinajstić information content (AvgIpc) is 2.27. The Morgan fingerprint density at radius 1 is 1.29 bits per heavy atom. The number of rotatable bonds is 5. The molecule has 0 aliphatic carbocycles. The van der Waals surface area contributed by atoms with Crippen LogP contribution in [-0.4, -0.2) is 49.8 Å². The molecule has 17 heavy (non-hydrogen) atoms. The maximum absolute atomic E-state index is 5.77. The number of hydrogen-bond donors (Lipinski definition) is 1. The van der Waals surface area contributed by atoms with Crippen LogP contribution in [0.4, 0.5) is 0 Å². The van der Waals surface area contributed by atoms with Crippen LogP contribution in [0.2, 0.25) is 0 Å². The van der Waals surface area contributed by atoms with Crippen LogP contribution in [0.15, 0.2) is 0 Å². The molecule has 0 aromatic rings. The molecule has 1 saturated heterocycles. The van der Waals surface area contributed by atoms with Gasteiger partial charge in [0.05, 0.1) is 12.2 Å². The van der Waals surface area contributed by atoms with E-state index in [0.717, 1.165) is 19.1 Å². The predicted molar refractivity (Wildman–Crippen MR) is 73.4 cm³/mol. The Bertz CT molecular complexity index is 205. The van der Waals surface area contributed by atoms with Crippen molar-refractivity contribution in [2.24, 2.45) is 5.92 Å². The van der Waals surface area contributed by atoms with Gasteiger partial charge in [0.2, 0.25) is 0 Å². The summed E-state index contributed by atoms with van der Waals surface area (Å²) < 4.78 is 5.77. The molecule has 0 radical (unpaired) electrons. The van der Waals surface area contributed by atoms with Crippen molar-refractivity contribution in [3.05, 3.63) is 0 Å². The van der Waals surface area contributed by atoms with Crippen molar-refractivity contribution < 1.29 is 4.74 Å². The van der Waals surface area contributed by atoms with Crippen LogP contribution in [-0.2, 0) is 4.74 Å². The second-order valence-corrected chi connectivity index (χ2v) is 6.22.